The Morgan fingerprint density at radius 2 is 2.10 bits per heavy atom. The lowest BCUT2D eigenvalue weighted by Gasteiger charge is -2.27. The Morgan fingerprint density at radius 1 is 1.33 bits per heavy atom. The zero-order valence-corrected chi connectivity index (χ0v) is 13.1. The minimum atomic E-state index is -0.243. The first-order valence-electron chi connectivity index (χ1n) is 7.31. The van der Waals surface area contributed by atoms with Crippen LogP contribution in [0.25, 0.3) is 10.8 Å². The van der Waals surface area contributed by atoms with Gasteiger partial charge in [0, 0.05) is 34.1 Å². The molecule has 2 nitrogen and oxygen atoms in total. The third kappa shape index (κ3) is 3.15. The minimum Gasteiger partial charge on any atom is -0.507 e. The molecule has 2 heteroatoms. The van der Waals surface area contributed by atoms with Crippen LogP contribution in [0.4, 0.5) is 0 Å². The van der Waals surface area contributed by atoms with Crippen LogP contribution in [0.2, 0.25) is 0 Å². The molecule has 0 spiro atoms. The lowest BCUT2D eigenvalue weighted by atomic mass is 9.77. The molecule has 1 heterocycles. The van der Waals surface area contributed by atoms with Crippen LogP contribution in [0, 0.1) is 0 Å². The number of pyridine rings is 1. The highest BCUT2D eigenvalue weighted by atomic mass is 16.3. The van der Waals surface area contributed by atoms with Crippen LogP contribution >= 0.6 is 0 Å². The highest BCUT2D eigenvalue weighted by molar-refractivity contribution is 5.89. The molecular weight excluding hydrogens is 258 g/mol. The highest BCUT2D eigenvalue weighted by Crippen LogP contribution is 2.39. The van der Waals surface area contributed by atoms with Crippen molar-refractivity contribution in [3.05, 3.63) is 60.5 Å². The lowest BCUT2D eigenvalue weighted by molar-refractivity contribution is 0.447. The van der Waals surface area contributed by atoms with Gasteiger partial charge in [-0.15, -0.1) is 6.58 Å². The number of allylic oxidation sites excluding steroid dienone is 3. The molecule has 2 rings (SSSR count). The second kappa shape index (κ2) is 6.13. The van der Waals surface area contributed by atoms with E-state index in [4.69, 9.17) is 0 Å². The summed E-state index contributed by atoms with van der Waals surface area (Å²) in [5.74, 6) is 0.342. The number of aromatic nitrogens is 1. The smallest absolute Gasteiger partial charge is 0.127 e. The Labute approximate surface area is 126 Å². The molecule has 21 heavy (non-hydrogen) atoms. The van der Waals surface area contributed by atoms with Crippen LogP contribution in [0.3, 0.4) is 0 Å². The van der Waals surface area contributed by atoms with E-state index in [9.17, 15) is 5.11 Å². The number of phenols is 1. The fourth-order valence-corrected chi connectivity index (χ4v) is 2.62. The monoisotopic (exact) mass is 281 g/mol. The Kier molecular flexibility index (Phi) is 4.46. The van der Waals surface area contributed by atoms with Gasteiger partial charge in [-0.2, -0.15) is 0 Å². The molecule has 0 amide bonds. The topological polar surface area (TPSA) is 33.1 Å². The minimum absolute atomic E-state index is 0.243. The second-order valence-electron chi connectivity index (χ2n) is 6.00. The van der Waals surface area contributed by atoms with E-state index in [1.54, 1.807) is 12.4 Å². The third-order valence-corrected chi connectivity index (χ3v) is 4.07. The number of rotatable bonds is 5. The first-order valence-corrected chi connectivity index (χ1v) is 7.31. The molecule has 0 aliphatic heterocycles. The molecule has 0 saturated carbocycles. The quantitative estimate of drug-likeness (QED) is 0.771. The predicted octanol–water partition coefficient (Wildman–Crippen LogP) is 5.13. The van der Waals surface area contributed by atoms with Crippen molar-refractivity contribution in [1.82, 2.24) is 4.98 Å². The average molecular weight is 281 g/mol. The normalized spacial score (nSPS) is 13.7. The van der Waals surface area contributed by atoms with Crippen molar-refractivity contribution in [3.63, 3.8) is 0 Å². The standard InChI is InChI=1S/C19H23NO/c1-5-19(4,11-6-7-14(2)3)17-9-8-15-13-20-12-10-16(15)18(17)21/h5,7-10,12-13,21H,1,6,11H2,2-4H3/t19-/m1/s1. The van der Waals surface area contributed by atoms with Crippen LogP contribution in [0.1, 0.15) is 39.2 Å². The van der Waals surface area contributed by atoms with Gasteiger partial charge in [-0.25, -0.2) is 0 Å². The van der Waals surface area contributed by atoms with E-state index in [1.165, 1.54) is 5.57 Å². The molecule has 0 fully saturated rings. The average Bonchev–Trinajstić information content (AvgIpc) is 2.47. The van der Waals surface area contributed by atoms with Gasteiger partial charge in [0.05, 0.1) is 0 Å². The van der Waals surface area contributed by atoms with E-state index in [1.807, 2.05) is 24.3 Å². The number of hydrogen-bond acceptors (Lipinski definition) is 2. The summed E-state index contributed by atoms with van der Waals surface area (Å²) in [4.78, 5) is 4.10. The second-order valence-corrected chi connectivity index (χ2v) is 6.00. The summed E-state index contributed by atoms with van der Waals surface area (Å²) >= 11 is 0. The molecule has 1 aromatic carbocycles. The molecule has 0 radical (unpaired) electrons. The molecule has 1 N–H and O–H groups in total. The van der Waals surface area contributed by atoms with Gasteiger partial charge in [0.2, 0.25) is 0 Å². The van der Waals surface area contributed by atoms with Gasteiger partial charge in [0.1, 0.15) is 5.75 Å². The molecule has 110 valence electrons. The maximum Gasteiger partial charge on any atom is 0.127 e. The maximum absolute atomic E-state index is 10.6. The molecule has 0 unspecified atom stereocenters. The number of fused-ring (bicyclic) bond motifs is 1. The zero-order valence-electron chi connectivity index (χ0n) is 13.1. The van der Waals surface area contributed by atoms with Gasteiger partial charge in [0.15, 0.2) is 0 Å². The maximum atomic E-state index is 10.6. The highest BCUT2D eigenvalue weighted by Gasteiger charge is 2.26. The van der Waals surface area contributed by atoms with Crippen molar-refractivity contribution in [3.8, 4) is 5.75 Å². The largest absolute Gasteiger partial charge is 0.507 e. The zero-order chi connectivity index (χ0) is 15.5. The van der Waals surface area contributed by atoms with Gasteiger partial charge in [-0.1, -0.05) is 36.8 Å². The van der Waals surface area contributed by atoms with Crippen molar-refractivity contribution in [2.75, 3.05) is 0 Å². The van der Waals surface area contributed by atoms with Crippen LogP contribution in [-0.4, -0.2) is 10.1 Å². The fourth-order valence-electron chi connectivity index (χ4n) is 2.62. The van der Waals surface area contributed by atoms with Gasteiger partial charge in [-0.05, 0) is 32.8 Å². The van der Waals surface area contributed by atoms with E-state index in [2.05, 4.69) is 38.4 Å². The molecule has 0 aliphatic rings. The summed E-state index contributed by atoms with van der Waals surface area (Å²) in [7, 11) is 0. The first kappa shape index (κ1) is 15.3. The lowest BCUT2D eigenvalue weighted by Crippen LogP contribution is -2.18. The summed E-state index contributed by atoms with van der Waals surface area (Å²) in [6, 6.07) is 5.86. The summed E-state index contributed by atoms with van der Waals surface area (Å²) in [5, 5.41) is 12.4. The van der Waals surface area contributed by atoms with Gasteiger partial charge in [0.25, 0.3) is 0 Å². The van der Waals surface area contributed by atoms with Gasteiger partial charge < -0.3 is 5.11 Å². The Hall–Kier alpha value is -2.09. The molecular formula is C19H23NO. The van der Waals surface area contributed by atoms with Crippen LogP contribution in [-0.2, 0) is 5.41 Å². The van der Waals surface area contributed by atoms with E-state index < -0.39 is 0 Å². The third-order valence-electron chi connectivity index (χ3n) is 4.07. The summed E-state index contributed by atoms with van der Waals surface area (Å²) < 4.78 is 0. The fraction of sp³-hybridized carbons (Fsp3) is 0.316. The van der Waals surface area contributed by atoms with E-state index in [-0.39, 0.29) is 5.41 Å². The van der Waals surface area contributed by atoms with E-state index in [0.717, 1.165) is 29.2 Å². The van der Waals surface area contributed by atoms with E-state index in [0.29, 0.717) is 5.75 Å². The number of hydrogen-bond donors (Lipinski definition) is 1. The predicted molar refractivity (Wildman–Crippen MR) is 89.6 cm³/mol. The van der Waals surface area contributed by atoms with Crippen molar-refractivity contribution < 1.29 is 5.11 Å². The molecule has 2 aromatic rings. The molecule has 1 atom stereocenters. The molecule has 1 aromatic heterocycles. The SMILES string of the molecule is C=C[C@](C)(CCC=C(C)C)c1ccc2cnccc2c1O. The number of aromatic hydroxyl groups is 1. The molecule has 0 saturated heterocycles. The van der Waals surface area contributed by atoms with Gasteiger partial charge in [-0.3, -0.25) is 4.98 Å². The summed E-state index contributed by atoms with van der Waals surface area (Å²) in [6.07, 6.45) is 9.54. The molecule has 0 bridgehead atoms. The number of benzene rings is 1. The van der Waals surface area contributed by atoms with Crippen molar-refractivity contribution in [2.24, 2.45) is 0 Å². The van der Waals surface area contributed by atoms with Gasteiger partial charge >= 0.3 is 0 Å². The van der Waals surface area contributed by atoms with Crippen molar-refractivity contribution in [2.45, 2.75) is 39.0 Å². The Bertz CT molecular complexity index is 683. The molecule has 0 aliphatic carbocycles. The van der Waals surface area contributed by atoms with Crippen LogP contribution in [0.15, 0.2) is 54.9 Å². The number of phenolic OH excluding ortho intramolecular Hbond substituents is 1. The van der Waals surface area contributed by atoms with Crippen molar-refractivity contribution >= 4 is 10.8 Å². The van der Waals surface area contributed by atoms with Crippen molar-refractivity contribution in [1.29, 1.82) is 0 Å². The summed E-state index contributed by atoms with van der Waals surface area (Å²) in [5.41, 5.74) is 2.00. The Morgan fingerprint density at radius 3 is 2.76 bits per heavy atom. The summed E-state index contributed by atoms with van der Waals surface area (Å²) in [6.45, 7) is 10.3. The number of nitrogens with zero attached hydrogens (tertiary/aromatic N) is 1. The van der Waals surface area contributed by atoms with Crippen LogP contribution in [0.5, 0.6) is 5.75 Å². The first-order chi connectivity index (χ1) is 9.98. The van der Waals surface area contributed by atoms with Crippen LogP contribution < -0.4 is 0 Å². The Balaban J connectivity index is 2.44. The van der Waals surface area contributed by atoms with E-state index >= 15 is 0 Å².